The van der Waals surface area contributed by atoms with E-state index in [9.17, 15) is 9.59 Å². The Balaban J connectivity index is 0. The molecule has 82 valence electrons. The third-order valence-corrected chi connectivity index (χ3v) is 1.03. The third kappa shape index (κ3) is 31.5. The summed E-state index contributed by atoms with van der Waals surface area (Å²) < 4.78 is 0. The van der Waals surface area contributed by atoms with Crippen molar-refractivity contribution in [1.29, 1.82) is 0 Å². The molecular formula is C8H14O6. The van der Waals surface area contributed by atoms with Crippen molar-refractivity contribution in [2.24, 2.45) is 0 Å². The Hall–Kier alpha value is -1.59. The Labute approximate surface area is 81.2 Å². The van der Waals surface area contributed by atoms with E-state index in [1.165, 1.54) is 0 Å². The predicted molar refractivity (Wildman–Crippen MR) is 47.0 cm³/mol. The van der Waals surface area contributed by atoms with Gasteiger partial charge in [0.05, 0.1) is 0 Å². The summed E-state index contributed by atoms with van der Waals surface area (Å²) in [4.78, 5) is 28.8. The molecule has 0 atom stereocenters. The summed E-state index contributed by atoms with van der Waals surface area (Å²) in [5.74, 6) is -2.57. The van der Waals surface area contributed by atoms with Crippen molar-refractivity contribution in [3.8, 4) is 0 Å². The molecule has 0 aromatic carbocycles. The highest BCUT2D eigenvalue weighted by Gasteiger charge is 1.99. The average Bonchev–Trinajstić information content (AvgIpc) is 1.96. The summed E-state index contributed by atoms with van der Waals surface area (Å²) in [6, 6.07) is 0. The molecule has 14 heavy (non-hydrogen) atoms. The monoisotopic (exact) mass is 206 g/mol. The average molecular weight is 206 g/mol. The van der Waals surface area contributed by atoms with E-state index < -0.39 is 17.9 Å². The number of hydrogen-bond donors (Lipinski definition) is 3. The SMILES string of the molecule is CC(=O)O.O=C(O)CCCCC(=O)O. The van der Waals surface area contributed by atoms with E-state index in [0.29, 0.717) is 12.8 Å². The molecule has 0 saturated heterocycles. The van der Waals surface area contributed by atoms with Crippen LogP contribution in [0.25, 0.3) is 0 Å². The fourth-order valence-corrected chi connectivity index (χ4v) is 0.552. The first-order valence-electron chi connectivity index (χ1n) is 3.99. The summed E-state index contributed by atoms with van der Waals surface area (Å²) in [7, 11) is 0. The first-order valence-corrected chi connectivity index (χ1v) is 3.99. The van der Waals surface area contributed by atoms with E-state index in [1.54, 1.807) is 0 Å². The maximum Gasteiger partial charge on any atom is 0.303 e. The highest BCUT2D eigenvalue weighted by Crippen LogP contribution is 1.98. The number of aliphatic carboxylic acids is 3. The van der Waals surface area contributed by atoms with Crippen LogP contribution >= 0.6 is 0 Å². The third-order valence-electron chi connectivity index (χ3n) is 1.03. The summed E-state index contributed by atoms with van der Waals surface area (Å²) in [6.45, 7) is 1.08. The van der Waals surface area contributed by atoms with Gasteiger partial charge in [0.25, 0.3) is 5.97 Å². The Kier molecular flexibility index (Phi) is 10.1. The molecule has 0 aromatic heterocycles. The number of carbonyl (C=O) groups is 3. The van der Waals surface area contributed by atoms with Gasteiger partial charge in [0.1, 0.15) is 0 Å². The van der Waals surface area contributed by atoms with Crippen LogP contribution in [0.4, 0.5) is 0 Å². The Bertz CT molecular complexity index is 178. The first-order chi connectivity index (χ1) is 6.36. The van der Waals surface area contributed by atoms with Crippen LogP contribution in [0.15, 0.2) is 0 Å². The fraction of sp³-hybridized carbons (Fsp3) is 0.625. The zero-order chi connectivity index (χ0) is 11.6. The van der Waals surface area contributed by atoms with Gasteiger partial charge in [-0.3, -0.25) is 14.4 Å². The number of carboxylic acid groups (broad SMARTS) is 3. The van der Waals surface area contributed by atoms with E-state index in [2.05, 4.69) is 0 Å². The van der Waals surface area contributed by atoms with Gasteiger partial charge in [0.2, 0.25) is 0 Å². The smallest absolute Gasteiger partial charge is 0.303 e. The van der Waals surface area contributed by atoms with Crippen molar-refractivity contribution >= 4 is 17.9 Å². The van der Waals surface area contributed by atoms with Gasteiger partial charge in [-0.15, -0.1) is 0 Å². The number of hydrogen-bond acceptors (Lipinski definition) is 3. The molecular weight excluding hydrogens is 192 g/mol. The minimum absolute atomic E-state index is 0.0628. The molecule has 0 radical (unpaired) electrons. The molecule has 0 aromatic rings. The molecule has 0 bridgehead atoms. The van der Waals surface area contributed by atoms with Crippen molar-refractivity contribution in [3.05, 3.63) is 0 Å². The molecule has 0 rings (SSSR count). The Morgan fingerprint density at radius 3 is 1.21 bits per heavy atom. The molecule has 3 N–H and O–H groups in total. The lowest BCUT2D eigenvalue weighted by Crippen LogP contribution is -1.97. The summed E-state index contributed by atoms with van der Waals surface area (Å²) in [5, 5.41) is 23.7. The maximum absolute atomic E-state index is 9.90. The minimum atomic E-state index is -0.870. The number of rotatable bonds is 5. The summed E-state index contributed by atoms with van der Waals surface area (Å²) in [5.41, 5.74) is 0. The van der Waals surface area contributed by atoms with Crippen LogP contribution in [0.2, 0.25) is 0 Å². The molecule has 0 saturated carbocycles. The van der Waals surface area contributed by atoms with Crippen LogP contribution in [0.3, 0.4) is 0 Å². The zero-order valence-corrected chi connectivity index (χ0v) is 7.89. The second-order valence-corrected chi connectivity index (χ2v) is 2.51. The number of carboxylic acids is 3. The van der Waals surface area contributed by atoms with E-state index >= 15 is 0 Å². The molecule has 0 amide bonds. The number of unbranched alkanes of at least 4 members (excludes halogenated alkanes) is 1. The second kappa shape index (κ2) is 9.50. The minimum Gasteiger partial charge on any atom is -0.481 e. The van der Waals surface area contributed by atoms with Gasteiger partial charge in [-0.05, 0) is 12.8 Å². The first kappa shape index (κ1) is 14.9. The Morgan fingerprint density at radius 2 is 1.07 bits per heavy atom. The molecule has 0 heterocycles. The standard InChI is InChI=1S/C6H10O4.C2H4O2/c7-5(8)3-1-2-4-6(9)10;1-2(3)4/h1-4H2,(H,7,8)(H,9,10);1H3,(H,3,4). The molecule has 6 heteroatoms. The molecule has 0 unspecified atom stereocenters. The largest absolute Gasteiger partial charge is 0.481 e. The molecule has 0 aliphatic rings. The summed E-state index contributed by atoms with van der Waals surface area (Å²) in [6.07, 6.45) is 1.02. The van der Waals surface area contributed by atoms with Gasteiger partial charge >= 0.3 is 11.9 Å². The topological polar surface area (TPSA) is 112 Å². The van der Waals surface area contributed by atoms with Crippen LogP contribution in [0.5, 0.6) is 0 Å². The fourth-order valence-electron chi connectivity index (χ4n) is 0.552. The van der Waals surface area contributed by atoms with Gasteiger partial charge in [-0.1, -0.05) is 0 Å². The van der Waals surface area contributed by atoms with E-state index in [0.717, 1.165) is 6.92 Å². The molecule has 0 fully saturated rings. The van der Waals surface area contributed by atoms with Gasteiger partial charge in [-0.25, -0.2) is 0 Å². The van der Waals surface area contributed by atoms with Crippen LogP contribution in [0, 0.1) is 0 Å². The Morgan fingerprint density at radius 1 is 0.857 bits per heavy atom. The molecule has 0 aliphatic carbocycles. The normalized spacial score (nSPS) is 8.36. The summed E-state index contributed by atoms with van der Waals surface area (Å²) >= 11 is 0. The lowest BCUT2D eigenvalue weighted by Gasteiger charge is -1.92. The van der Waals surface area contributed by atoms with Crippen molar-refractivity contribution in [1.82, 2.24) is 0 Å². The van der Waals surface area contributed by atoms with Gasteiger partial charge in [-0.2, -0.15) is 0 Å². The predicted octanol–water partition coefficient (Wildman–Crippen LogP) is 0.807. The van der Waals surface area contributed by atoms with Crippen molar-refractivity contribution in [3.63, 3.8) is 0 Å². The van der Waals surface area contributed by atoms with Crippen molar-refractivity contribution in [2.75, 3.05) is 0 Å². The van der Waals surface area contributed by atoms with Crippen molar-refractivity contribution in [2.45, 2.75) is 32.6 Å². The van der Waals surface area contributed by atoms with E-state index in [4.69, 9.17) is 20.1 Å². The highest BCUT2D eigenvalue weighted by atomic mass is 16.4. The lowest BCUT2D eigenvalue weighted by atomic mass is 10.2. The van der Waals surface area contributed by atoms with Crippen LogP contribution in [-0.4, -0.2) is 33.2 Å². The van der Waals surface area contributed by atoms with Crippen LogP contribution < -0.4 is 0 Å². The molecule has 6 nitrogen and oxygen atoms in total. The highest BCUT2D eigenvalue weighted by molar-refractivity contribution is 5.67. The van der Waals surface area contributed by atoms with Gasteiger partial charge in [0, 0.05) is 19.8 Å². The second-order valence-electron chi connectivity index (χ2n) is 2.51. The molecule has 0 aliphatic heterocycles. The van der Waals surface area contributed by atoms with Crippen LogP contribution in [-0.2, 0) is 14.4 Å². The maximum atomic E-state index is 9.90. The molecule has 0 spiro atoms. The lowest BCUT2D eigenvalue weighted by molar-refractivity contribution is -0.139. The van der Waals surface area contributed by atoms with E-state index in [-0.39, 0.29) is 12.8 Å². The van der Waals surface area contributed by atoms with Gasteiger partial charge < -0.3 is 15.3 Å². The zero-order valence-electron chi connectivity index (χ0n) is 7.89. The van der Waals surface area contributed by atoms with Crippen molar-refractivity contribution < 1.29 is 29.7 Å². The van der Waals surface area contributed by atoms with E-state index in [1.807, 2.05) is 0 Å². The quantitative estimate of drug-likeness (QED) is 0.574. The van der Waals surface area contributed by atoms with Gasteiger partial charge in [0.15, 0.2) is 0 Å². The van der Waals surface area contributed by atoms with Crippen LogP contribution in [0.1, 0.15) is 32.6 Å².